The summed E-state index contributed by atoms with van der Waals surface area (Å²) in [7, 11) is 0. The zero-order valence-corrected chi connectivity index (χ0v) is 12.3. The van der Waals surface area contributed by atoms with Crippen LogP contribution in [0.1, 0.15) is 47.0 Å². The van der Waals surface area contributed by atoms with Gasteiger partial charge in [-0.1, -0.05) is 20.8 Å². The fourth-order valence-corrected chi connectivity index (χ4v) is 1.46. The van der Waals surface area contributed by atoms with Gasteiger partial charge in [-0.3, -0.25) is 4.99 Å². The van der Waals surface area contributed by atoms with E-state index in [4.69, 9.17) is 0 Å². The van der Waals surface area contributed by atoms with Crippen molar-refractivity contribution in [2.45, 2.75) is 53.1 Å². The van der Waals surface area contributed by atoms with E-state index in [9.17, 15) is 13.2 Å². The average Bonchev–Trinajstić information content (AvgIpc) is 2.21. The van der Waals surface area contributed by atoms with Crippen molar-refractivity contribution in [1.29, 1.82) is 0 Å². The van der Waals surface area contributed by atoms with E-state index in [0.717, 1.165) is 12.8 Å². The first-order valence-corrected chi connectivity index (χ1v) is 6.73. The molecule has 0 atom stereocenters. The molecule has 3 nitrogen and oxygen atoms in total. The Morgan fingerprint density at radius 2 is 1.68 bits per heavy atom. The standard InChI is InChI=1S/C13H26F3N3/c1-5-17-11(19-10-8-13(14,15)16)18-9-6-7-12(2,3)4/h5-10H2,1-4H3,(H2,17,18,19). The lowest BCUT2D eigenvalue weighted by Gasteiger charge is -2.17. The lowest BCUT2D eigenvalue weighted by Crippen LogP contribution is -2.39. The smallest absolute Gasteiger partial charge is 0.357 e. The summed E-state index contributed by atoms with van der Waals surface area (Å²) in [5.41, 5.74) is 0.261. The molecule has 0 aliphatic heterocycles. The Balaban J connectivity index is 4.02. The van der Waals surface area contributed by atoms with E-state index < -0.39 is 12.6 Å². The zero-order chi connectivity index (χ0) is 14.9. The van der Waals surface area contributed by atoms with Crippen LogP contribution in [0.2, 0.25) is 0 Å². The molecule has 0 aliphatic rings. The van der Waals surface area contributed by atoms with Crippen LogP contribution in [-0.2, 0) is 0 Å². The Morgan fingerprint density at radius 3 is 2.16 bits per heavy atom. The normalized spacial score (nSPS) is 13.5. The van der Waals surface area contributed by atoms with Gasteiger partial charge in [0.05, 0.1) is 6.42 Å². The number of halogens is 3. The average molecular weight is 281 g/mol. The van der Waals surface area contributed by atoms with Gasteiger partial charge in [-0.05, 0) is 25.2 Å². The first-order valence-electron chi connectivity index (χ1n) is 6.73. The van der Waals surface area contributed by atoms with Crippen molar-refractivity contribution >= 4 is 5.96 Å². The van der Waals surface area contributed by atoms with Crippen LogP contribution in [-0.4, -0.2) is 31.8 Å². The van der Waals surface area contributed by atoms with Crippen LogP contribution >= 0.6 is 0 Å². The van der Waals surface area contributed by atoms with Crippen LogP contribution in [0.4, 0.5) is 13.2 Å². The summed E-state index contributed by atoms with van der Waals surface area (Å²) in [4.78, 5) is 4.26. The number of nitrogens with zero attached hydrogens (tertiary/aromatic N) is 1. The van der Waals surface area contributed by atoms with Crippen molar-refractivity contribution in [3.63, 3.8) is 0 Å². The van der Waals surface area contributed by atoms with E-state index in [2.05, 4.69) is 36.4 Å². The fraction of sp³-hybridized carbons (Fsp3) is 0.923. The predicted molar refractivity (Wildman–Crippen MR) is 73.3 cm³/mol. The van der Waals surface area contributed by atoms with Crippen LogP contribution in [0.5, 0.6) is 0 Å². The van der Waals surface area contributed by atoms with Crippen molar-refractivity contribution in [3.05, 3.63) is 0 Å². The van der Waals surface area contributed by atoms with Gasteiger partial charge < -0.3 is 10.6 Å². The fourth-order valence-electron chi connectivity index (χ4n) is 1.46. The van der Waals surface area contributed by atoms with Crippen molar-refractivity contribution in [1.82, 2.24) is 10.6 Å². The van der Waals surface area contributed by atoms with Crippen LogP contribution in [0, 0.1) is 5.41 Å². The lowest BCUT2D eigenvalue weighted by atomic mass is 9.91. The molecule has 0 aromatic heterocycles. The molecule has 0 unspecified atom stereocenters. The van der Waals surface area contributed by atoms with Crippen molar-refractivity contribution in [2.24, 2.45) is 10.4 Å². The van der Waals surface area contributed by atoms with Crippen LogP contribution in [0.15, 0.2) is 4.99 Å². The third-order valence-electron chi connectivity index (χ3n) is 2.40. The van der Waals surface area contributed by atoms with Crippen LogP contribution < -0.4 is 10.6 Å². The highest BCUT2D eigenvalue weighted by molar-refractivity contribution is 5.79. The number of guanidine groups is 1. The molecule has 0 saturated heterocycles. The largest absolute Gasteiger partial charge is 0.390 e. The van der Waals surface area contributed by atoms with Gasteiger partial charge in [-0.25, -0.2) is 0 Å². The number of alkyl halides is 3. The highest BCUT2D eigenvalue weighted by Crippen LogP contribution is 2.20. The Hall–Kier alpha value is -0.940. The highest BCUT2D eigenvalue weighted by atomic mass is 19.4. The second-order valence-corrected chi connectivity index (χ2v) is 5.72. The molecule has 0 heterocycles. The molecule has 0 aliphatic carbocycles. The highest BCUT2D eigenvalue weighted by Gasteiger charge is 2.26. The minimum Gasteiger partial charge on any atom is -0.357 e. The van der Waals surface area contributed by atoms with E-state index >= 15 is 0 Å². The van der Waals surface area contributed by atoms with Gasteiger partial charge in [-0.15, -0.1) is 0 Å². The number of hydrogen-bond donors (Lipinski definition) is 2. The molecular formula is C13H26F3N3. The van der Waals surface area contributed by atoms with Gasteiger partial charge in [0.1, 0.15) is 0 Å². The van der Waals surface area contributed by atoms with Crippen LogP contribution in [0.3, 0.4) is 0 Å². The molecule has 2 N–H and O–H groups in total. The molecule has 19 heavy (non-hydrogen) atoms. The molecule has 114 valence electrons. The molecule has 0 rings (SSSR count). The van der Waals surface area contributed by atoms with E-state index in [0.29, 0.717) is 19.0 Å². The third-order valence-corrected chi connectivity index (χ3v) is 2.40. The van der Waals surface area contributed by atoms with Gasteiger partial charge in [0.15, 0.2) is 5.96 Å². The molecule has 0 aromatic rings. The van der Waals surface area contributed by atoms with E-state index in [1.807, 2.05) is 6.92 Å². The molecular weight excluding hydrogens is 255 g/mol. The molecule has 0 amide bonds. The molecule has 0 bridgehead atoms. The maximum atomic E-state index is 12.0. The maximum absolute atomic E-state index is 12.0. The van der Waals surface area contributed by atoms with Crippen molar-refractivity contribution in [2.75, 3.05) is 19.6 Å². The summed E-state index contributed by atoms with van der Waals surface area (Å²) in [6, 6.07) is 0. The Kier molecular flexibility index (Phi) is 7.87. The van der Waals surface area contributed by atoms with Gasteiger partial charge in [0.2, 0.25) is 0 Å². The Labute approximate surface area is 114 Å². The van der Waals surface area contributed by atoms with Gasteiger partial charge in [0, 0.05) is 19.6 Å². The monoisotopic (exact) mass is 281 g/mol. The number of nitrogens with one attached hydrogen (secondary N) is 2. The number of hydrogen-bond acceptors (Lipinski definition) is 1. The first-order chi connectivity index (χ1) is 8.64. The van der Waals surface area contributed by atoms with E-state index in [1.165, 1.54) is 0 Å². The number of aliphatic imine (C=N–C) groups is 1. The minimum atomic E-state index is -4.13. The van der Waals surface area contributed by atoms with E-state index in [-0.39, 0.29) is 12.0 Å². The number of rotatable bonds is 6. The second-order valence-electron chi connectivity index (χ2n) is 5.72. The summed E-state index contributed by atoms with van der Waals surface area (Å²) >= 11 is 0. The van der Waals surface area contributed by atoms with Crippen molar-refractivity contribution in [3.8, 4) is 0 Å². The third kappa shape index (κ3) is 13.3. The Bertz CT molecular complexity index is 267. The predicted octanol–water partition coefficient (Wildman–Crippen LogP) is 3.32. The molecule has 0 aromatic carbocycles. The van der Waals surface area contributed by atoms with Crippen LogP contribution in [0.25, 0.3) is 0 Å². The van der Waals surface area contributed by atoms with Gasteiger partial charge in [-0.2, -0.15) is 13.2 Å². The molecule has 0 radical (unpaired) electrons. The quantitative estimate of drug-likeness (QED) is 0.445. The summed E-state index contributed by atoms with van der Waals surface area (Å²) in [6.07, 6.45) is -3.01. The van der Waals surface area contributed by atoms with Gasteiger partial charge in [0.25, 0.3) is 0 Å². The summed E-state index contributed by atoms with van der Waals surface area (Å²) in [6.45, 7) is 9.47. The molecule has 6 heteroatoms. The SMILES string of the molecule is CCNC(=NCCCC(C)(C)C)NCCC(F)(F)F. The maximum Gasteiger partial charge on any atom is 0.390 e. The van der Waals surface area contributed by atoms with E-state index in [1.54, 1.807) is 0 Å². The topological polar surface area (TPSA) is 36.4 Å². The van der Waals surface area contributed by atoms with Gasteiger partial charge >= 0.3 is 6.18 Å². The summed E-state index contributed by atoms with van der Waals surface area (Å²) in [5.74, 6) is 0.459. The molecule has 0 fully saturated rings. The second kappa shape index (κ2) is 8.27. The minimum absolute atomic E-state index is 0.144. The summed E-state index contributed by atoms with van der Waals surface area (Å²) < 4.78 is 36.1. The zero-order valence-electron chi connectivity index (χ0n) is 12.3. The summed E-state index contributed by atoms with van der Waals surface area (Å²) in [5, 5.41) is 5.63. The first kappa shape index (κ1) is 18.1. The molecule has 0 saturated carbocycles. The lowest BCUT2D eigenvalue weighted by molar-refractivity contribution is -0.132. The molecule has 0 spiro atoms. The Morgan fingerprint density at radius 1 is 1.05 bits per heavy atom. The van der Waals surface area contributed by atoms with Crippen molar-refractivity contribution < 1.29 is 13.2 Å².